The second-order valence-electron chi connectivity index (χ2n) is 4.99. The van der Waals surface area contributed by atoms with Crippen molar-refractivity contribution in [2.75, 3.05) is 19.0 Å². The second kappa shape index (κ2) is 7.92. The lowest BCUT2D eigenvalue weighted by Gasteiger charge is -2.08. The van der Waals surface area contributed by atoms with Gasteiger partial charge in [-0.15, -0.1) is 0 Å². The quantitative estimate of drug-likeness (QED) is 0.651. The largest absolute Gasteiger partial charge is 0.497 e. The molecule has 0 bridgehead atoms. The van der Waals surface area contributed by atoms with Crippen LogP contribution in [0.3, 0.4) is 0 Å². The first-order valence-corrected chi connectivity index (χ1v) is 7.21. The molecule has 0 saturated carbocycles. The van der Waals surface area contributed by atoms with E-state index in [2.05, 4.69) is 5.32 Å². The fourth-order valence-electron chi connectivity index (χ4n) is 1.95. The number of carbonyl (C=O) groups is 3. The molecular formula is C18H17NO5. The topological polar surface area (TPSA) is 81.7 Å². The highest BCUT2D eigenvalue weighted by Gasteiger charge is 2.11. The normalized spacial score (nSPS) is 9.92. The summed E-state index contributed by atoms with van der Waals surface area (Å²) >= 11 is 0. The summed E-state index contributed by atoms with van der Waals surface area (Å²) in [7, 11) is 1.50. The smallest absolute Gasteiger partial charge is 0.338 e. The van der Waals surface area contributed by atoms with Crippen LogP contribution in [0.4, 0.5) is 5.69 Å². The number of benzene rings is 2. The fraction of sp³-hybridized carbons (Fsp3) is 0.167. The van der Waals surface area contributed by atoms with Gasteiger partial charge in [-0.05, 0) is 49.4 Å². The standard InChI is InChI=1S/C18H17NO5/c1-12(20)13-6-8-15(9-7-13)19-17(21)11-24-18(22)14-4-3-5-16(10-14)23-2/h3-10H,11H2,1-2H3,(H,19,21). The Morgan fingerprint density at radius 3 is 2.33 bits per heavy atom. The van der Waals surface area contributed by atoms with Crippen molar-refractivity contribution in [3.8, 4) is 5.75 Å². The highest BCUT2D eigenvalue weighted by molar-refractivity contribution is 5.97. The molecule has 2 rings (SSSR count). The van der Waals surface area contributed by atoms with Gasteiger partial charge in [0.25, 0.3) is 5.91 Å². The van der Waals surface area contributed by atoms with Crippen molar-refractivity contribution >= 4 is 23.3 Å². The predicted octanol–water partition coefficient (Wildman–Crippen LogP) is 2.69. The lowest BCUT2D eigenvalue weighted by Crippen LogP contribution is -2.21. The van der Waals surface area contributed by atoms with Crippen molar-refractivity contribution in [2.45, 2.75) is 6.92 Å². The average Bonchev–Trinajstić information content (AvgIpc) is 2.60. The first-order valence-electron chi connectivity index (χ1n) is 7.21. The number of ether oxygens (including phenoxy) is 2. The van der Waals surface area contributed by atoms with Gasteiger partial charge in [-0.1, -0.05) is 6.07 Å². The van der Waals surface area contributed by atoms with Gasteiger partial charge >= 0.3 is 5.97 Å². The Hall–Kier alpha value is -3.15. The van der Waals surface area contributed by atoms with Gasteiger partial charge in [0.15, 0.2) is 12.4 Å². The number of anilines is 1. The maximum absolute atomic E-state index is 11.9. The van der Waals surface area contributed by atoms with E-state index in [4.69, 9.17) is 9.47 Å². The van der Waals surface area contributed by atoms with E-state index in [-0.39, 0.29) is 5.78 Å². The van der Waals surface area contributed by atoms with Gasteiger partial charge in [-0.25, -0.2) is 4.79 Å². The van der Waals surface area contributed by atoms with Gasteiger partial charge in [0, 0.05) is 11.3 Å². The van der Waals surface area contributed by atoms with Crippen LogP contribution in [-0.2, 0) is 9.53 Å². The number of hydrogen-bond acceptors (Lipinski definition) is 5. The highest BCUT2D eigenvalue weighted by Crippen LogP contribution is 2.13. The van der Waals surface area contributed by atoms with E-state index < -0.39 is 18.5 Å². The van der Waals surface area contributed by atoms with E-state index in [0.717, 1.165) is 0 Å². The van der Waals surface area contributed by atoms with Gasteiger partial charge in [0.1, 0.15) is 5.75 Å². The van der Waals surface area contributed by atoms with Crippen LogP contribution >= 0.6 is 0 Å². The van der Waals surface area contributed by atoms with Crippen molar-refractivity contribution in [3.05, 3.63) is 59.7 Å². The molecule has 6 nitrogen and oxygen atoms in total. The Bertz CT molecular complexity index is 752. The summed E-state index contributed by atoms with van der Waals surface area (Å²) in [6.07, 6.45) is 0. The Balaban J connectivity index is 1.88. The summed E-state index contributed by atoms with van der Waals surface area (Å²) in [4.78, 5) is 34.9. The number of ketones is 1. The van der Waals surface area contributed by atoms with Gasteiger partial charge < -0.3 is 14.8 Å². The van der Waals surface area contributed by atoms with Gasteiger partial charge in [0.05, 0.1) is 12.7 Å². The summed E-state index contributed by atoms with van der Waals surface area (Å²) in [6.45, 7) is 1.05. The minimum Gasteiger partial charge on any atom is -0.497 e. The minimum absolute atomic E-state index is 0.0555. The molecule has 0 spiro atoms. The fourth-order valence-corrected chi connectivity index (χ4v) is 1.95. The Morgan fingerprint density at radius 1 is 1.00 bits per heavy atom. The maximum atomic E-state index is 11.9. The van der Waals surface area contributed by atoms with Crippen LogP contribution in [0.25, 0.3) is 0 Å². The van der Waals surface area contributed by atoms with Crippen LogP contribution in [0.2, 0.25) is 0 Å². The van der Waals surface area contributed by atoms with E-state index in [0.29, 0.717) is 22.6 Å². The molecule has 0 aromatic heterocycles. The molecule has 0 heterocycles. The van der Waals surface area contributed by atoms with Crippen molar-refractivity contribution in [2.24, 2.45) is 0 Å². The van der Waals surface area contributed by atoms with E-state index in [1.165, 1.54) is 20.1 Å². The molecule has 0 saturated heterocycles. The van der Waals surface area contributed by atoms with E-state index in [9.17, 15) is 14.4 Å². The number of methoxy groups -OCH3 is 1. The van der Waals surface area contributed by atoms with Crippen LogP contribution in [0.15, 0.2) is 48.5 Å². The molecule has 24 heavy (non-hydrogen) atoms. The summed E-state index contributed by atoms with van der Waals surface area (Å²) < 4.78 is 9.99. The van der Waals surface area contributed by atoms with Gasteiger partial charge in [-0.3, -0.25) is 9.59 Å². The number of rotatable bonds is 6. The zero-order chi connectivity index (χ0) is 17.5. The van der Waals surface area contributed by atoms with E-state index in [1.54, 1.807) is 42.5 Å². The van der Waals surface area contributed by atoms with Crippen LogP contribution in [-0.4, -0.2) is 31.4 Å². The van der Waals surface area contributed by atoms with Crippen molar-refractivity contribution in [1.29, 1.82) is 0 Å². The molecule has 0 aliphatic rings. The monoisotopic (exact) mass is 327 g/mol. The molecule has 1 N–H and O–H groups in total. The number of Topliss-reactive ketones (excluding diaryl/α,β-unsaturated/α-hetero) is 1. The zero-order valence-electron chi connectivity index (χ0n) is 13.4. The third-order valence-corrected chi connectivity index (χ3v) is 3.21. The first kappa shape index (κ1) is 17.2. The Morgan fingerprint density at radius 2 is 1.71 bits per heavy atom. The number of nitrogens with one attached hydrogen (secondary N) is 1. The maximum Gasteiger partial charge on any atom is 0.338 e. The van der Waals surface area contributed by atoms with Crippen LogP contribution < -0.4 is 10.1 Å². The van der Waals surface area contributed by atoms with E-state index in [1.807, 2.05) is 0 Å². The average molecular weight is 327 g/mol. The molecule has 0 fully saturated rings. The lowest BCUT2D eigenvalue weighted by atomic mass is 10.1. The summed E-state index contributed by atoms with van der Waals surface area (Å²) in [5.74, 6) is -0.614. The van der Waals surface area contributed by atoms with Crippen LogP contribution in [0, 0.1) is 0 Å². The first-order chi connectivity index (χ1) is 11.5. The number of amides is 1. The molecule has 0 atom stereocenters. The predicted molar refractivity (Wildman–Crippen MR) is 88.4 cm³/mol. The number of esters is 1. The zero-order valence-corrected chi connectivity index (χ0v) is 13.4. The molecule has 6 heteroatoms. The van der Waals surface area contributed by atoms with Crippen molar-refractivity contribution in [1.82, 2.24) is 0 Å². The molecule has 124 valence electrons. The molecule has 0 aliphatic carbocycles. The van der Waals surface area contributed by atoms with Crippen molar-refractivity contribution < 1.29 is 23.9 Å². The van der Waals surface area contributed by atoms with Gasteiger partial charge in [-0.2, -0.15) is 0 Å². The molecule has 1 amide bonds. The Labute approximate surface area is 139 Å². The molecule has 2 aromatic rings. The highest BCUT2D eigenvalue weighted by atomic mass is 16.5. The number of carbonyl (C=O) groups excluding carboxylic acids is 3. The summed E-state index contributed by atoms with van der Waals surface area (Å²) in [5.41, 5.74) is 1.37. The summed E-state index contributed by atoms with van der Waals surface area (Å²) in [6, 6.07) is 12.9. The minimum atomic E-state index is -0.615. The van der Waals surface area contributed by atoms with Crippen molar-refractivity contribution in [3.63, 3.8) is 0 Å². The van der Waals surface area contributed by atoms with Gasteiger partial charge in [0.2, 0.25) is 0 Å². The third kappa shape index (κ3) is 4.67. The lowest BCUT2D eigenvalue weighted by molar-refractivity contribution is -0.119. The third-order valence-electron chi connectivity index (χ3n) is 3.21. The molecule has 2 aromatic carbocycles. The molecular weight excluding hydrogens is 310 g/mol. The molecule has 0 aliphatic heterocycles. The van der Waals surface area contributed by atoms with Crippen LogP contribution in [0.5, 0.6) is 5.75 Å². The second-order valence-corrected chi connectivity index (χ2v) is 4.99. The number of hydrogen-bond donors (Lipinski definition) is 1. The van der Waals surface area contributed by atoms with Crippen LogP contribution in [0.1, 0.15) is 27.6 Å². The molecule has 0 radical (unpaired) electrons. The molecule has 0 unspecified atom stereocenters. The van der Waals surface area contributed by atoms with E-state index >= 15 is 0 Å². The summed E-state index contributed by atoms with van der Waals surface area (Å²) in [5, 5.41) is 2.59. The SMILES string of the molecule is COc1cccc(C(=O)OCC(=O)Nc2ccc(C(C)=O)cc2)c1. The Kier molecular flexibility index (Phi) is 5.68.